The molecule has 3 rings (SSSR count). The molecule has 2 aliphatic rings. The van der Waals surface area contributed by atoms with Crippen molar-refractivity contribution < 1.29 is 27.5 Å². The number of rotatable bonds is 6. The summed E-state index contributed by atoms with van der Waals surface area (Å²) in [6.45, 7) is 4.01. The first-order chi connectivity index (χ1) is 13.2. The van der Waals surface area contributed by atoms with Crippen LogP contribution in [0.15, 0.2) is 29.8 Å². The molecule has 1 aromatic carbocycles. The van der Waals surface area contributed by atoms with E-state index in [2.05, 4.69) is 0 Å². The molecule has 8 heteroatoms. The van der Waals surface area contributed by atoms with E-state index in [-0.39, 0.29) is 36.0 Å². The van der Waals surface area contributed by atoms with Crippen molar-refractivity contribution in [2.45, 2.75) is 26.3 Å². The van der Waals surface area contributed by atoms with Crippen LogP contribution < -0.4 is 4.74 Å². The number of carbonyl (C=O) groups excluding carboxylic acids is 2. The number of sulfone groups is 1. The highest BCUT2D eigenvalue weighted by Crippen LogP contribution is 2.26. The number of esters is 1. The molecule has 0 bridgehead atoms. The first-order valence-electron chi connectivity index (χ1n) is 9.34. The molecule has 0 radical (unpaired) electrons. The molecule has 2 aliphatic heterocycles. The maximum absolute atomic E-state index is 12.7. The predicted octanol–water partition coefficient (Wildman–Crippen LogP) is 1.68. The molecule has 0 spiro atoms. The van der Waals surface area contributed by atoms with Crippen LogP contribution in [-0.4, -0.2) is 62.5 Å². The summed E-state index contributed by atoms with van der Waals surface area (Å²) in [6.07, 6.45) is 2.12. The number of hydrogen-bond acceptors (Lipinski definition) is 6. The molecule has 28 heavy (non-hydrogen) atoms. The van der Waals surface area contributed by atoms with E-state index in [1.165, 1.54) is 0 Å². The van der Waals surface area contributed by atoms with Gasteiger partial charge in [0.1, 0.15) is 12.4 Å². The second kappa shape index (κ2) is 8.34. The lowest BCUT2D eigenvalue weighted by Crippen LogP contribution is -2.45. The van der Waals surface area contributed by atoms with Gasteiger partial charge in [0.25, 0.3) is 5.91 Å². The molecule has 0 N–H and O–H groups in total. The minimum Gasteiger partial charge on any atom is -0.488 e. The Kier molecular flexibility index (Phi) is 6.07. The van der Waals surface area contributed by atoms with E-state index in [0.29, 0.717) is 24.3 Å². The zero-order chi connectivity index (χ0) is 20.3. The van der Waals surface area contributed by atoms with Crippen molar-refractivity contribution in [3.8, 4) is 5.75 Å². The Morgan fingerprint density at radius 1 is 1.29 bits per heavy atom. The van der Waals surface area contributed by atoms with Crippen molar-refractivity contribution in [3.63, 3.8) is 0 Å². The van der Waals surface area contributed by atoms with Crippen molar-refractivity contribution in [2.24, 2.45) is 5.92 Å². The summed E-state index contributed by atoms with van der Waals surface area (Å²) >= 11 is 0. The minimum absolute atomic E-state index is 0.0326. The lowest BCUT2D eigenvalue weighted by atomic mass is 10.1. The van der Waals surface area contributed by atoms with Crippen LogP contribution in [0.3, 0.4) is 0 Å². The van der Waals surface area contributed by atoms with Crippen LogP contribution in [0.25, 0.3) is 6.08 Å². The number of amides is 1. The average Bonchev–Trinajstić information content (AvgIpc) is 3.02. The fourth-order valence-corrected chi connectivity index (χ4v) is 5.14. The molecule has 2 heterocycles. The van der Waals surface area contributed by atoms with Gasteiger partial charge in [-0.3, -0.25) is 4.79 Å². The summed E-state index contributed by atoms with van der Waals surface area (Å²) in [5, 5.41) is 0. The van der Waals surface area contributed by atoms with Gasteiger partial charge >= 0.3 is 5.97 Å². The van der Waals surface area contributed by atoms with Crippen molar-refractivity contribution >= 4 is 27.8 Å². The molecule has 1 unspecified atom stereocenters. The van der Waals surface area contributed by atoms with Crippen molar-refractivity contribution in [2.75, 3.05) is 31.3 Å². The molecular weight excluding hydrogens is 382 g/mol. The lowest BCUT2D eigenvalue weighted by Gasteiger charge is -2.29. The molecule has 1 amide bonds. The van der Waals surface area contributed by atoms with E-state index >= 15 is 0 Å². The van der Waals surface area contributed by atoms with Crippen LogP contribution in [-0.2, 0) is 24.2 Å². The van der Waals surface area contributed by atoms with Gasteiger partial charge in [0, 0.05) is 18.2 Å². The van der Waals surface area contributed by atoms with Gasteiger partial charge < -0.3 is 14.4 Å². The third-order valence-electron chi connectivity index (χ3n) is 4.75. The Labute approximate surface area is 165 Å². The van der Waals surface area contributed by atoms with Crippen LogP contribution in [0.2, 0.25) is 0 Å². The molecular formula is C20H25NO6S. The van der Waals surface area contributed by atoms with Crippen molar-refractivity contribution in [1.82, 2.24) is 4.90 Å². The summed E-state index contributed by atoms with van der Waals surface area (Å²) < 4.78 is 34.3. The Balaban J connectivity index is 1.63. The quantitative estimate of drug-likeness (QED) is 0.667. The average molecular weight is 407 g/mol. The van der Waals surface area contributed by atoms with E-state index in [1.54, 1.807) is 11.0 Å². The van der Waals surface area contributed by atoms with Crippen molar-refractivity contribution in [3.05, 3.63) is 35.4 Å². The third-order valence-corrected chi connectivity index (χ3v) is 6.50. The van der Waals surface area contributed by atoms with Crippen LogP contribution in [0.1, 0.15) is 25.8 Å². The Morgan fingerprint density at radius 2 is 2.04 bits per heavy atom. The molecule has 7 nitrogen and oxygen atoms in total. The smallest absolute Gasteiger partial charge is 0.338 e. The Hall–Kier alpha value is -2.35. The second-order valence-corrected chi connectivity index (χ2v) is 9.80. The highest BCUT2D eigenvalue weighted by atomic mass is 32.2. The van der Waals surface area contributed by atoms with Gasteiger partial charge in [0.15, 0.2) is 16.4 Å². The second-order valence-electron chi connectivity index (χ2n) is 7.57. The summed E-state index contributed by atoms with van der Waals surface area (Å²) in [4.78, 5) is 26.6. The maximum atomic E-state index is 12.7. The number of nitrogens with zero attached hydrogens (tertiary/aromatic N) is 1. The molecule has 0 aromatic heterocycles. The summed E-state index contributed by atoms with van der Waals surface area (Å²) in [7, 11) is -3.11. The molecule has 0 aliphatic carbocycles. The van der Waals surface area contributed by atoms with E-state index in [4.69, 9.17) is 9.47 Å². The van der Waals surface area contributed by atoms with Gasteiger partial charge in [-0.05, 0) is 24.5 Å². The first-order valence-corrected chi connectivity index (χ1v) is 11.2. The minimum atomic E-state index is -3.11. The van der Waals surface area contributed by atoms with E-state index in [1.807, 2.05) is 38.1 Å². The van der Waals surface area contributed by atoms with E-state index in [9.17, 15) is 18.0 Å². The number of ether oxygens (including phenoxy) is 2. The number of para-hydroxylation sites is 1. The molecule has 1 atom stereocenters. The standard InChI is InChI=1S/C20H25NO6S/c1-14(2)10-21(17-7-8-28(24,25)13-17)19(22)12-27-20(23)16-9-15-5-3-4-6-18(15)26-11-16/h3-6,9,14,17H,7-8,10-13H2,1-2H3. The highest BCUT2D eigenvalue weighted by molar-refractivity contribution is 7.91. The predicted molar refractivity (Wildman–Crippen MR) is 104 cm³/mol. The van der Waals surface area contributed by atoms with E-state index < -0.39 is 22.4 Å². The van der Waals surface area contributed by atoms with Crippen LogP contribution >= 0.6 is 0 Å². The van der Waals surface area contributed by atoms with Gasteiger partial charge in [-0.25, -0.2) is 13.2 Å². The molecule has 1 saturated heterocycles. The largest absolute Gasteiger partial charge is 0.488 e. The summed E-state index contributed by atoms with van der Waals surface area (Å²) in [6, 6.07) is 6.98. The van der Waals surface area contributed by atoms with Crippen LogP contribution in [0.4, 0.5) is 0 Å². The van der Waals surface area contributed by atoms with Crippen LogP contribution in [0.5, 0.6) is 5.75 Å². The van der Waals surface area contributed by atoms with Gasteiger partial charge in [-0.2, -0.15) is 0 Å². The number of fused-ring (bicyclic) bond motifs is 1. The lowest BCUT2D eigenvalue weighted by molar-refractivity contribution is -0.150. The van der Waals surface area contributed by atoms with Crippen LogP contribution in [0, 0.1) is 5.92 Å². The zero-order valence-corrected chi connectivity index (χ0v) is 16.9. The topological polar surface area (TPSA) is 90.0 Å². The Morgan fingerprint density at radius 3 is 2.71 bits per heavy atom. The van der Waals surface area contributed by atoms with Gasteiger partial charge in [-0.1, -0.05) is 32.0 Å². The van der Waals surface area contributed by atoms with Gasteiger partial charge in [0.2, 0.25) is 0 Å². The van der Waals surface area contributed by atoms with E-state index in [0.717, 1.165) is 5.56 Å². The highest BCUT2D eigenvalue weighted by Gasteiger charge is 2.35. The third kappa shape index (κ3) is 4.92. The van der Waals surface area contributed by atoms with Crippen molar-refractivity contribution in [1.29, 1.82) is 0 Å². The SMILES string of the molecule is CC(C)CN(C(=O)COC(=O)C1=Cc2ccccc2OC1)C1CCS(=O)(=O)C1. The number of benzene rings is 1. The fourth-order valence-electron chi connectivity index (χ4n) is 3.41. The Bertz CT molecular complexity index is 890. The van der Waals surface area contributed by atoms with Gasteiger partial charge in [0.05, 0.1) is 17.1 Å². The number of hydrogen-bond donors (Lipinski definition) is 0. The monoisotopic (exact) mass is 407 g/mol. The summed E-state index contributed by atoms with van der Waals surface area (Å²) in [5.74, 6) is -0.0547. The molecule has 1 fully saturated rings. The normalized spacial score (nSPS) is 20.1. The maximum Gasteiger partial charge on any atom is 0.338 e. The number of carbonyl (C=O) groups is 2. The summed E-state index contributed by atoms with van der Waals surface area (Å²) in [5.41, 5.74) is 1.12. The van der Waals surface area contributed by atoms with Gasteiger partial charge in [-0.15, -0.1) is 0 Å². The molecule has 1 aromatic rings. The zero-order valence-electron chi connectivity index (χ0n) is 16.1. The fraction of sp³-hybridized carbons (Fsp3) is 0.500. The molecule has 0 saturated carbocycles. The molecule has 152 valence electrons. The first kappa shape index (κ1) is 20.4.